The molecule has 0 bridgehead atoms. The lowest BCUT2D eigenvalue weighted by Gasteiger charge is -2.28. The minimum atomic E-state index is 0.284. The first-order chi connectivity index (χ1) is 9.06. The molecule has 0 spiro atoms. The molecule has 0 saturated heterocycles. The van der Waals surface area contributed by atoms with E-state index in [1.807, 2.05) is 0 Å². The van der Waals surface area contributed by atoms with Crippen molar-refractivity contribution in [3.05, 3.63) is 35.9 Å². The van der Waals surface area contributed by atoms with Crippen LogP contribution in [0.2, 0.25) is 0 Å². The highest BCUT2D eigenvalue weighted by Crippen LogP contribution is 2.21. The normalized spacial score (nSPS) is 13.5. The van der Waals surface area contributed by atoms with Gasteiger partial charge in [-0.25, -0.2) is 0 Å². The smallest absolute Gasteiger partial charge is 0.0657 e. The molecule has 19 heavy (non-hydrogen) atoms. The molecule has 108 valence electrons. The van der Waals surface area contributed by atoms with Gasteiger partial charge in [0, 0.05) is 7.11 Å². The van der Waals surface area contributed by atoms with E-state index in [4.69, 9.17) is 4.74 Å². The fourth-order valence-electron chi connectivity index (χ4n) is 2.64. The Bertz CT molecular complexity index is 326. The predicted octanol–water partition coefficient (Wildman–Crippen LogP) is 3.89. The van der Waals surface area contributed by atoms with Crippen LogP contribution < -0.4 is 5.32 Å². The van der Waals surface area contributed by atoms with Gasteiger partial charge in [0.1, 0.15) is 0 Å². The third-order valence-electron chi connectivity index (χ3n) is 3.85. The molecular weight excluding hydrogens is 234 g/mol. The van der Waals surface area contributed by atoms with E-state index in [9.17, 15) is 0 Å². The summed E-state index contributed by atoms with van der Waals surface area (Å²) in [5.74, 6) is 2.10. The third kappa shape index (κ3) is 5.33. The molecule has 1 N–H and O–H groups in total. The molecule has 0 aliphatic carbocycles. The van der Waals surface area contributed by atoms with E-state index >= 15 is 0 Å². The summed E-state index contributed by atoms with van der Waals surface area (Å²) in [6.07, 6.45) is 0. The van der Waals surface area contributed by atoms with Gasteiger partial charge in [0.15, 0.2) is 0 Å². The zero-order chi connectivity index (χ0) is 14.3. The number of hydrogen-bond donors (Lipinski definition) is 1. The summed E-state index contributed by atoms with van der Waals surface area (Å²) in [6.45, 7) is 11.0. The largest absolute Gasteiger partial charge is 0.383 e. The van der Waals surface area contributed by atoms with Crippen LogP contribution in [0.25, 0.3) is 0 Å². The Morgan fingerprint density at radius 3 is 2.05 bits per heavy atom. The molecule has 0 saturated carbocycles. The van der Waals surface area contributed by atoms with Crippen molar-refractivity contribution in [3.63, 3.8) is 0 Å². The van der Waals surface area contributed by atoms with Crippen molar-refractivity contribution in [3.8, 4) is 0 Å². The van der Waals surface area contributed by atoms with E-state index in [-0.39, 0.29) is 6.04 Å². The van der Waals surface area contributed by atoms with Crippen LogP contribution in [0.3, 0.4) is 0 Å². The average molecular weight is 263 g/mol. The molecule has 1 unspecified atom stereocenters. The molecular formula is C17H29NO. The second-order valence-electron chi connectivity index (χ2n) is 5.98. The molecule has 2 nitrogen and oxygen atoms in total. The van der Waals surface area contributed by atoms with E-state index in [2.05, 4.69) is 63.3 Å². The summed E-state index contributed by atoms with van der Waals surface area (Å²) < 4.78 is 5.35. The van der Waals surface area contributed by atoms with E-state index in [0.717, 1.165) is 6.54 Å². The molecule has 0 aliphatic heterocycles. The molecule has 0 radical (unpaired) electrons. The van der Waals surface area contributed by atoms with Crippen molar-refractivity contribution in [1.29, 1.82) is 0 Å². The van der Waals surface area contributed by atoms with Crippen LogP contribution in [-0.2, 0) is 4.74 Å². The van der Waals surface area contributed by atoms with Crippen molar-refractivity contribution >= 4 is 0 Å². The summed E-state index contributed by atoms with van der Waals surface area (Å²) >= 11 is 0. The molecule has 2 heteroatoms. The van der Waals surface area contributed by atoms with Gasteiger partial charge in [0.25, 0.3) is 0 Å². The van der Waals surface area contributed by atoms with Crippen molar-refractivity contribution in [2.75, 3.05) is 20.3 Å². The Hall–Kier alpha value is -0.860. The van der Waals surface area contributed by atoms with Crippen molar-refractivity contribution < 1.29 is 4.74 Å². The average Bonchev–Trinajstić information content (AvgIpc) is 2.38. The first kappa shape index (κ1) is 16.2. The number of nitrogens with one attached hydrogen (secondary N) is 1. The van der Waals surface area contributed by atoms with E-state index in [0.29, 0.717) is 24.4 Å². The minimum Gasteiger partial charge on any atom is -0.383 e. The topological polar surface area (TPSA) is 21.3 Å². The van der Waals surface area contributed by atoms with Gasteiger partial charge in [-0.1, -0.05) is 58.0 Å². The standard InChI is InChI=1S/C17H29NO/c1-13(2)16(14(3)4)11-18-17(12-19-5)15-9-7-6-8-10-15/h6-10,13-14,16-18H,11-12H2,1-5H3. The van der Waals surface area contributed by atoms with E-state index < -0.39 is 0 Å². The maximum absolute atomic E-state index is 5.35. The van der Waals surface area contributed by atoms with E-state index in [1.165, 1.54) is 5.56 Å². The van der Waals surface area contributed by atoms with E-state index in [1.54, 1.807) is 7.11 Å². The molecule has 1 aromatic rings. The summed E-state index contributed by atoms with van der Waals surface area (Å²) in [5, 5.41) is 3.67. The molecule has 0 fully saturated rings. The molecule has 1 rings (SSSR count). The number of ether oxygens (including phenoxy) is 1. The first-order valence-corrected chi connectivity index (χ1v) is 7.33. The van der Waals surface area contributed by atoms with Crippen molar-refractivity contribution in [2.24, 2.45) is 17.8 Å². The highest BCUT2D eigenvalue weighted by Gasteiger charge is 2.19. The lowest BCUT2D eigenvalue weighted by Crippen LogP contribution is -2.34. The van der Waals surface area contributed by atoms with Crippen LogP contribution >= 0.6 is 0 Å². The first-order valence-electron chi connectivity index (χ1n) is 7.33. The van der Waals surface area contributed by atoms with Crippen LogP contribution in [0.4, 0.5) is 0 Å². The SMILES string of the molecule is COCC(NCC(C(C)C)C(C)C)c1ccccc1. The predicted molar refractivity (Wildman–Crippen MR) is 82.2 cm³/mol. The van der Waals surface area contributed by atoms with Crippen LogP contribution in [0.5, 0.6) is 0 Å². The van der Waals surface area contributed by atoms with Crippen LogP contribution in [-0.4, -0.2) is 20.3 Å². The van der Waals surface area contributed by atoms with Gasteiger partial charge >= 0.3 is 0 Å². The fraction of sp³-hybridized carbons (Fsp3) is 0.647. The molecule has 1 atom stereocenters. The third-order valence-corrected chi connectivity index (χ3v) is 3.85. The summed E-state index contributed by atoms with van der Waals surface area (Å²) in [4.78, 5) is 0. The minimum absolute atomic E-state index is 0.284. The summed E-state index contributed by atoms with van der Waals surface area (Å²) in [5.41, 5.74) is 1.30. The quantitative estimate of drug-likeness (QED) is 0.768. The maximum Gasteiger partial charge on any atom is 0.0657 e. The zero-order valence-electron chi connectivity index (χ0n) is 13.0. The Labute approximate surface area is 118 Å². The molecule has 0 aromatic heterocycles. The van der Waals surface area contributed by atoms with Gasteiger partial charge in [0.05, 0.1) is 12.6 Å². The lowest BCUT2D eigenvalue weighted by molar-refractivity contribution is 0.158. The summed E-state index contributed by atoms with van der Waals surface area (Å²) in [6, 6.07) is 10.8. The Balaban J connectivity index is 2.64. The van der Waals surface area contributed by atoms with Gasteiger partial charge in [-0.15, -0.1) is 0 Å². The Morgan fingerprint density at radius 2 is 1.58 bits per heavy atom. The molecule has 0 aliphatic rings. The highest BCUT2D eigenvalue weighted by molar-refractivity contribution is 5.18. The number of rotatable bonds is 8. The number of methoxy groups -OCH3 is 1. The summed E-state index contributed by atoms with van der Waals surface area (Å²) in [7, 11) is 1.76. The second-order valence-corrected chi connectivity index (χ2v) is 5.98. The molecule has 1 aromatic carbocycles. The van der Waals surface area contributed by atoms with Gasteiger partial charge in [-0.2, -0.15) is 0 Å². The Kier molecular flexibility index (Phi) is 7.11. The van der Waals surface area contributed by atoms with Crippen molar-refractivity contribution in [2.45, 2.75) is 33.7 Å². The van der Waals surface area contributed by atoms with Crippen LogP contribution in [0.1, 0.15) is 39.3 Å². The second kappa shape index (κ2) is 8.34. The fourth-order valence-corrected chi connectivity index (χ4v) is 2.64. The number of hydrogen-bond acceptors (Lipinski definition) is 2. The van der Waals surface area contributed by atoms with Gasteiger partial charge < -0.3 is 10.1 Å². The molecule has 0 amide bonds. The van der Waals surface area contributed by atoms with Crippen LogP contribution in [0, 0.1) is 17.8 Å². The zero-order valence-corrected chi connectivity index (χ0v) is 13.0. The van der Waals surface area contributed by atoms with Crippen LogP contribution in [0.15, 0.2) is 30.3 Å². The lowest BCUT2D eigenvalue weighted by atomic mass is 9.85. The van der Waals surface area contributed by atoms with Gasteiger partial charge in [-0.3, -0.25) is 0 Å². The van der Waals surface area contributed by atoms with Crippen molar-refractivity contribution in [1.82, 2.24) is 5.32 Å². The number of benzene rings is 1. The van der Waals surface area contributed by atoms with Gasteiger partial charge in [-0.05, 0) is 29.9 Å². The highest BCUT2D eigenvalue weighted by atomic mass is 16.5. The monoisotopic (exact) mass is 263 g/mol. The molecule has 0 heterocycles. The van der Waals surface area contributed by atoms with Gasteiger partial charge in [0.2, 0.25) is 0 Å². The maximum atomic E-state index is 5.35. The Morgan fingerprint density at radius 1 is 1.00 bits per heavy atom.